The number of rotatable bonds is 5. The van der Waals surface area contributed by atoms with E-state index in [1.807, 2.05) is 30.3 Å². The van der Waals surface area contributed by atoms with Gasteiger partial charge < -0.3 is 15.5 Å². The van der Waals surface area contributed by atoms with Crippen molar-refractivity contribution in [2.24, 2.45) is 0 Å². The number of aromatic nitrogens is 2. The second-order valence-corrected chi connectivity index (χ2v) is 5.89. The maximum atomic E-state index is 12.0. The predicted octanol–water partition coefficient (Wildman–Crippen LogP) is 2.96. The quantitative estimate of drug-likeness (QED) is 0.887. The summed E-state index contributed by atoms with van der Waals surface area (Å²) < 4.78 is 0. The van der Waals surface area contributed by atoms with Crippen LogP contribution in [-0.4, -0.2) is 29.1 Å². The molecule has 1 aliphatic rings. The molecule has 0 saturated carbocycles. The van der Waals surface area contributed by atoms with Crippen LogP contribution in [0, 0.1) is 0 Å². The summed E-state index contributed by atoms with van der Waals surface area (Å²) in [4.78, 5) is 23.1. The number of hydrogen-bond acceptors (Lipinski definition) is 4. The van der Waals surface area contributed by atoms with E-state index in [0.29, 0.717) is 12.4 Å². The van der Waals surface area contributed by atoms with Gasteiger partial charge in [0.15, 0.2) is 0 Å². The summed E-state index contributed by atoms with van der Waals surface area (Å²) in [5, 5.41) is 5.65. The van der Waals surface area contributed by atoms with E-state index >= 15 is 0 Å². The van der Waals surface area contributed by atoms with Crippen LogP contribution in [0.1, 0.15) is 31.2 Å². The Bertz CT molecular complexity index is 697. The van der Waals surface area contributed by atoms with Crippen molar-refractivity contribution in [3.05, 3.63) is 47.9 Å². The van der Waals surface area contributed by atoms with Gasteiger partial charge in [0, 0.05) is 25.0 Å². The first-order valence-corrected chi connectivity index (χ1v) is 8.45. The standard InChI is InChI=1S/C18H23N5O/c1-2-14-6-5-7-15(12-14)21-18(24)20-13-16-19-9-8-17(22-16)23-10-3-4-11-23/h5-9,12H,2-4,10-11,13H2,1H3,(H2,20,21,24). The third kappa shape index (κ3) is 4.22. The molecule has 2 aromatic rings. The average molecular weight is 325 g/mol. The molecule has 0 aliphatic carbocycles. The lowest BCUT2D eigenvalue weighted by Crippen LogP contribution is -2.29. The van der Waals surface area contributed by atoms with Crippen molar-refractivity contribution in [3.8, 4) is 0 Å². The highest BCUT2D eigenvalue weighted by Gasteiger charge is 2.14. The number of nitrogens with zero attached hydrogens (tertiary/aromatic N) is 3. The van der Waals surface area contributed by atoms with Crippen LogP contribution in [0.3, 0.4) is 0 Å². The highest BCUT2D eigenvalue weighted by atomic mass is 16.2. The number of hydrogen-bond donors (Lipinski definition) is 2. The fraction of sp³-hybridized carbons (Fsp3) is 0.389. The fourth-order valence-corrected chi connectivity index (χ4v) is 2.80. The summed E-state index contributed by atoms with van der Waals surface area (Å²) in [7, 11) is 0. The van der Waals surface area contributed by atoms with Gasteiger partial charge in [0.2, 0.25) is 0 Å². The Morgan fingerprint density at radius 1 is 1.25 bits per heavy atom. The Morgan fingerprint density at radius 3 is 2.88 bits per heavy atom. The van der Waals surface area contributed by atoms with Gasteiger partial charge in [0.1, 0.15) is 11.6 Å². The maximum Gasteiger partial charge on any atom is 0.319 e. The van der Waals surface area contributed by atoms with Crippen molar-refractivity contribution in [2.75, 3.05) is 23.3 Å². The van der Waals surface area contributed by atoms with E-state index in [1.54, 1.807) is 6.20 Å². The molecule has 0 spiro atoms. The molecule has 2 N–H and O–H groups in total. The molecule has 2 amide bonds. The Labute approximate surface area is 142 Å². The largest absolute Gasteiger partial charge is 0.357 e. The SMILES string of the molecule is CCc1cccc(NC(=O)NCc2nccc(N3CCCC3)n2)c1. The van der Waals surface area contributed by atoms with E-state index in [1.165, 1.54) is 18.4 Å². The Morgan fingerprint density at radius 2 is 2.08 bits per heavy atom. The molecule has 0 radical (unpaired) electrons. The molecule has 1 aromatic heterocycles. The average Bonchev–Trinajstić information content (AvgIpc) is 3.15. The van der Waals surface area contributed by atoms with Crippen LogP contribution in [0.15, 0.2) is 36.5 Å². The van der Waals surface area contributed by atoms with E-state index in [4.69, 9.17) is 0 Å². The van der Waals surface area contributed by atoms with Crippen molar-refractivity contribution in [1.29, 1.82) is 0 Å². The first kappa shape index (κ1) is 16.2. The van der Waals surface area contributed by atoms with E-state index in [0.717, 1.165) is 31.0 Å². The van der Waals surface area contributed by atoms with E-state index in [-0.39, 0.29) is 6.03 Å². The minimum atomic E-state index is -0.251. The number of aryl methyl sites for hydroxylation is 1. The topological polar surface area (TPSA) is 70.2 Å². The number of carbonyl (C=O) groups excluding carboxylic acids is 1. The monoisotopic (exact) mass is 325 g/mol. The third-order valence-corrected chi connectivity index (χ3v) is 4.12. The lowest BCUT2D eigenvalue weighted by molar-refractivity contribution is 0.251. The zero-order valence-electron chi connectivity index (χ0n) is 14.0. The molecule has 0 bridgehead atoms. The molecule has 6 heteroatoms. The zero-order valence-corrected chi connectivity index (χ0v) is 14.0. The molecule has 1 aromatic carbocycles. The molecule has 0 unspecified atom stereocenters. The molecular weight excluding hydrogens is 302 g/mol. The minimum Gasteiger partial charge on any atom is -0.357 e. The normalized spacial score (nSPS) is 13.8. The van der Waals surface area contributed by atoms with Crippen LogP contribution < -0.4 is 15.5 Å². The Kier molecular flexibility index (Phi) is 5.25. The van der Waals surface area contributed by atoms with Crippen molar-refractivity contribution in [3.63, 3.8) is 0 Å². The number of benzene rings is 1. The molecule has 1 aliphatic heterocycles. The molecule has 1 fully saturated rings. The third-order valence-electron chi connectivity index (χ3n) is 4.12. The highest BCUT2D eigenvalue weighted by Crippen LogP contribution is 2.17. The molecule has 1 saturated heterocycles. The number of nitrogens with one attached hydrogen (secondary N) is 2. The Hall–Kier alpha value is -2.63. The fourth-order valence-electron chi connectivity index (χ4n) is 2.80. The van der Waals surface area contributed by atoms with Gasteiger partial charge in [0.05, 0.1) is 6.54 Å². The molecular formula is C18H23N5O. The van der Waals surface area contributed by atoms with Crippen LogP contribution in [0.25, 0.3) is 0 Å². The summed E-state index contributed by atoms with van der Waals surface area (Å²) in [6, 6.07) is 9.51. The summed E-state index contributed by atoms with van der Waals surface area (Å²) in [5.74, 6) is 1.56. The van der Waals surface area contributed by atoms with Gasteiger partial charge in [-0.15, -0.1) is 0 Å². The number of anilines is 2. The van der Waals surface area contributed by atoms with E-state index < -0.39 is 0 Å². The molecule has 6 nitrogen and oxygen atoms in total. The summed E-state index contributed by atoms with van der Waals surface area (Å²) in [6.45, 7) is 4.47. The second-order valence-electron chi connectivity index (χ2n) is 5.89. The summed E-state index contributed by atoms with van der Waals surface area (Å²) in [5.41, 5.74) is 1.98. The summed E-state index contributed by atoms with van der Waals surface area (Å²) in [6.07, 6.45) is 5.10. The first-order chi connectivity index (χ1) is 11.7. The number of urea groups is 1. The van der Waals surface area contributed by atoms with Crippen LogP contribution in [0.5, 0.6) is 0 Å². The second kappa shape index (κ2) is 7.77. The van der Waals surface area contributed by atoms with Gasteiger partial charge in [-0.05, 0) is 43.0 Å². The zero-order chi connectivity index (χ0) is 16.8. The van der Waals surface area contributed by atoms with Crippen LogP contribution in [-0.2, 0) is 13.0 Å². The van der Waals surface area contributed by atoms with Crippen LogP contribution >= 0.6 is 0 Å². The van der Waals surface area contributed by atoms with Gasteiger partial charge >= 0.3 is 6.03 Å². The van der Waals surface area contributed by atoms with E-state index in [9.17, 15) is 4.79 Å². The van der Waals surface area contributed by atoms with Gasteiger partial charge in [-0.25, -0.2) is 14.8 Å². The first-order valence-electron chi connectivity index (χ1n) is 8.45. The predicted molar refractivity (Wildman–Crippen MR) is 95.2 cm³/mol. The van der Waals surface area contributed by atoms with Crippen molar-refractivity contribution in [2.45, 2.75) is 32.7 Å². The lowest BCUT2D eigenvalue weighted by Gasteiger charge is -2.16. The van der Waals surface area contributed by atoms with Crippen molar-refractivity contribution >= 4 is 17.5 Å². The Balaban J connectivity index is 1.55. The van der Waals surface area contributed by atoms with E-state index in [2.05, 4.69) is 32.4 Å². The molecule has 24 heavy (non-hydrogen) atoms. The lowest BCUT2D eigenvalue weighted by atomic mass is 10.1. The minimum absolute atomic E-state index is 0.251. The number of carbonyl (C=O) groups is 1. The molecule has 2 heterocycles. The smallest absolute Gasteiger partial charge is 0.319 e. The van der Waals surface area contributed by atoms with Crippen LogP contribution in [0.2, 0.25) is 0 Å². The molecule has 0 atom stereocenters. The molecule has 3 rings (SSSR count). The van der Waals surface area contributed by atoms with Crippen molar-refractivity contribution in [1.82, 2.24) is 15.3 Å². The number of amides is 2. The van der Waals surface area contributed by atoms with Gasteiger partial charge in [-0.3, -0.25) is 0 Å². The van der Waals surface area contributed by atoms with Gasteiger partial charge in [-0.1, -0.05) is 19.1 Å². The van der Waals surface area contributed by atoms with Gasteiger partial charge in [-0.2, -0.15) is 0 Å². The van der Waals surface area contributed by atoms with Gasteiger partial charge in [0.25, 0.3) is 0 Å². The highest BCUT2D eigenvalue weighted by molar-refractivity contribution is 5.89. The van der Waals surface area contributed by atoms with Crippen LogP contribution in [0.4, 0.5) is 16.3 Å². The summed E-state index contributed by atoms with van der Waals surface area (Å²) >= 11 is 0. The molecule has 126 valence electrons. The van der Waals surface area contributed by atoms with Crippen molar-refractivity contribution < 1.29 is 4.79 Å². The maximum absolute atomic E-state index is 12.0.